The monoisotopic (exact) mass is 214 g/mol. The molecule has 0 radical (unpaired) electrons. The first-order chi connectivity index (χ1) is 7.72. The summed E-state index contributed by atoms with van der Waals surface area (Å²) in [5, 5.41) is 24.7. The smallest absolute Gasteiger partial charge is 0.356 e. The van der Waals surface area contributed by atoms with Crippen molar-refractivity contribution >= 4 is 5.97 Å². The van der Waals surface area contributed by atoms with Crippen LogP contribution in [0.4, 0.5) is 0 Å². The summed E-state index contributed by atoms with van der Waals surface area (Å²) in [6, 6.07) is 8.37. The molecule has 78 valence electrons. The molecule has 0 aliphatic carbocycles. The van der Waals surface area contributed by atoms with E-state index in [2.05, 4.69) is 10.3 Å². The van der Waals surface area contributed by atoms with Crippen LogP contribution in [0.25, 0.3) is 5.69 Å². The average Bonchev–Trinajstić information content (AvgIpc) is 2.78. The lowest BCUT2D eigenvalue weighted by Crippen LogP contribution is -2.07. The van der Waals surface area contributed by atoms with E-state index >= 15 is 0 Å². The van der Waals surface area contributed by atoms with Crippen molar-refractivity contribution < 1.29 is 9.90 Å². The fourth-order valence-corrected chi connectivity index (χ4v) is 1.25. The molecule has 0 saturated carbocycles. The Morgan fingerprint density at radius 2 is 2.06 bits per heavy atom. The fourth-order valence-electron chi connectivity index (χ4n) is 1.25. The number of aromatic nitrogens is 3. The van der Waals surface area contributed by atoms with E-state index in [4.69, 9.17) is 10.4 Å². The molecule has 0 bridgehead atoms. The predicted octanol–water partition coefficient (Wildman–Crippen LogP) is 0.837. The van der Waals surface area contributed by atoms with Crippen LogP contribution in [0.2, 0.25) is 0 Å². The molecule has 1 heterocycles. The van der Waals surface area contributed by atoms with Crippen LogP contribution in [-0.4, -0.2) is 26.1 Å². The maximum Gasteiger partial charge on any atom is 0.356 e. The summed E-state index contributed by atoms with van der Waals surface area (Å²) in [7, 11) is 0. The first-order valence-electron chi connectivity index (χ1n) is 4.37. The molecule has 2 aromatic rings. The Morgan fingerprint density at radius 1 is 1.38 bits per heavy atom. The van der Waals surface area contributed by atoms with Gasteiger partial charge in [-0.3, -0.25) is 0 Å². The molecule has 0 saturated heterocycles. The number of carboxylic acids is 1. The van der Waals surface area contributed by atoms with Gasteiger partial charge in [0.05, 0.1) is 23.5 Å². The number of nitrogens with zero attached hydrogens (tertiary/aromatic N) is 4. The third kappa shape index (κ3) is 1.62. The molecule has 0 amide bonds. The van der Waals surface area contributed by atoms with Crippen molar-refractivity contribution in [3.05, 3.63) is 41.7 Å². The third-order valence-corrected chi connectivity index (χ3v) is 2.01. The largest absolute Gasteiger partial charge is 0.476 e. The van der Waals surface area contributed by atoms with E-state index in [1.54, 1.807) is 24.3 Å². The molecule has 1 aromatic heterocycles. The van der Waals surface area contributed by atoms with E-state index in [0.717, 1.165) is 0 Å². The normalized spacial score (nSPS) is 9.69. The number of benzene rings is 1. The van der Waals surface area contributed by atoms with Crippen LogP contribution < -0.4 is 0 Å². The van der Waals surface area contributed by atoms with Gasteiger partial charge in [-0.2, -0.15) is 5.26 Å². The third-order valence-electron chi connectivity index (χ3n) is 2.01. The van der Waals surface area contributed by atoms with Crippen LogP contribution in [0.15, 0.2) is 30.5 Å². The van der Waals surface area contributed by atoms with Gasteiger partial charge in [-0.25, -0.2) is 9.48 Å². The number of rotatable bonds is 2. The van der Waals surface area contributed by atoms with Crippen molar-refractivity contribution in [1.29, 1.82) is 5.26 Å². The molecule has 0 aliphatic rings. The van der Waals surface area contributed by atoms with E-state index in [-0.39, 0.29) is 5.69 Å². The lowest BCUT2D eigenvalue weighted by Gasteiger charge is -2.02. The highest BCUT2D eigenvalue weighted by Gasteiger charge is 2.12. The highest BCUT2D eigenvalue weighted by Crippen LogP contribution is 2.10. The van der Waals surface area contributed by atoms with E-state index in [1.807, 2.05) is 6.07 Å². The maximum absolute atomic E-state index is 10.8. The van der Waals surface area contributed by atoms with E-state index < -0.39 is 5.97 Å². The highest BCUT2D eigenvalue weighted by atomic mass is 16.4. The molecule has 6 nitrogen and oxygen atoms in total. The number of hydrogen-bond donors (Lipinski definition) is 1. The molecular weight excluding hydrogens is 208 g/mol. The van der Waals surface area contributed by atoms with Gasteiger partial charge in [-0.05, 0) is 24.3 Å². The zero-order chi connectivity index (χ0) is 11.5. The molecule has 1 N–H and O–H groups in total. The molecule has 1 aromatic carbocycles. The predicted molar refractivity (Wildman–Crippen MR) is 53.0 cm³/mol. The molecule has 16 heavy (non-hydrogen) atoms. The molecular formula is C10H6N4O2. The molecule has 0 unspecified atom stereocenters. The van der Waals surface area contributed by atoms with Crippen molar-refractivity contribution in [2.75, 3.05) is 0 Å². The summed E-state index contributed by atoms with van der Waals surface area (Å²) >= 11 is 0. The molecule has 0 spiro atoms. The van der Waals surface area contributed by atoms with Gasteiger partial charge in [0.15, 0.2) is 5.69 Å². The van der Waals surface area contributed by atoms with Gasteiger partial charge >= 0.3 is 5.97 Å². The van der Waals surface area contributed by atoms with Crippen LogP contribution in [0.1, 0.15) is 16.1 Å². The number of hydrogen-bond acceptors (Lipinski definition) is 4. The lowest BCUT2D eigenvalue weighted by atomic mass is 10.2. The lowest BCUT2D eigenvalue weighted by molar-refractivity contribution is 0.0687. The van der Waals surface area contributed by atoms with E-state index in [1.165, 1.54) is 10.9 Å². The Balaban J connectivity index is 2.47. The Morgan fingerprint density at radius 3 is 2.62 bits per heavy atom. The SMILES string of the molecule is N#Cc1ccc(-n2nncc2C(=O)O)cc1. The molecule has 2 rings (SSSR count). The molecule has 6 heteroatoms. The van der Waals surface area contributed by atoms with Gasteiger partial charge in [0.1, 0.15) is 0 Å². The molecule has 0 atom stereocenters. The summed E-state index contributed by atoms with van der Waals surface area (Å²) in [6.07, 6.45) is 1.17. The second-order valence-electron chi connectivity index (χ2n) is 2.99. The van der Waals surface area contributed by atoms with Crippen LogP contribution in [0.5, 0.6) is 0 Å². The average molecular weight is 214 g/mol. The minimum atomic E-state index is -1.10. The fraction of sp³-hybridized carbons (Fsp3) is 0. The van der Waals surface area contributed by atoms with E-state index in [9.17, 15) is 4.79 Å². The summed E-state index contributed by atoms with van der Waals surface area (Å²) in [5.74, 6) is -1.10. The molecule has 0 fully saturated rings. The van der Waals surface area contributed by atoms with Gasteiger partial charge in [-0.1, -0.05) is 5.21 Å². The van der Waals surface area contributed by atoms with Crippen molar-refractivity contribution in [3.8, 4) is 11.8 Å². The maximum atomic E-state index is 10.8. The van der Waals surface area contributed by atoms with Crippen LogP contribution >= 0.6 is 0 Å². The first kappa shape index (κ1) is 9.86. The number of aromatic carboxylic acids is 1. The minimum Gasteiger partial charge on any atom is -0.476 e. The molecule has 0 aliphatic heterocycles. The summed E-state index contributed by atoms with van der Waals surface area (Å²) in [6.45, 7) is 0. The summed E-state index contributed by atoms with van der Waals surface area (Å²) in [4.78, 5) is 10.8. The number of nitriles is 1. The zero-order valence-corrected chi connectivity index (χ0v) is 8.03. The van der Waals surface area contributed by atoms with Crippen LogP contribution in [-0.2, 0) is 0 Å². The second-order valence-corrected chi connectivity index (χ2v) is 2.99. The second kappa shape index (κ2) is 3.82. The van der Waals surface area contributed by atoms with Gasteiger partial charge in [0, 0.05) is 0 Å². The highest BCUT2D eigenvalue weighted by molar-refractivity contribution is 5.85. The zero-order valence-electron chi connectivity index (χ0n) is 8.03. The van der Waals surface area contributed by atoms with Crippen LogP contribution in [0.3, 0.4) is 0 Å². The first-order valence-corrected chi connectivity index (χ1v) is 4.37. The Hall–Kier alpha value is -2.68. The van der Waals surface area contributed by atoms with Crippen molar-refractivity contribution in [2.45, 2.75) is 0 Å². The quantitative estimate of drug-likeness (QED) is 0.799. The summed E-state index contributed by atoms with van der Waals surface area (Å²) in [5.41, 5.74) is 1.03. The minimum absolute atomic E-state index is 0.0234. The van der Waals surface area contributed by atoms with Crippen LogP contribution in [0, 0.1) is 11.3 Å². The van der Waals surface area contributed by atoms with Gasteiger partial charge in [-0.15, -0.1) is 5.10 Å². The van der Waals surface area contributed by atoms with Gasteiger partial charge in [0.25, 0.3) is 0 Å². The van der Waals surface area contributed by atoms with Crippen molar-refractivity contribution in [2.24, 2.45) is 0 Å². The Bertz CT molecular complexity index is 565. The number of carboxylic acid groups (broad SMARTS) is 1. The Kier molecular flexibility index (Phi) is 2.36. The van der Waals surface area contributed by atoms with Gasteiger partial charge < -0.3 is 5.11 Å². The van der Waals surface area contributed by atoms with Gasteiger partial charge in [0.2, 0.25) is 0 Å². The summed E-state index contributed by atoms with van der Waals surface area (Å²) < 4.78 is 1.20. The Labute approximate surface area is 90.4 Å². The topological polar surface area (TPSA) is 91.8 Å². The van der Waals surface area contributed by atoms with Crippen molar-refractivity contribution in [3.63, 3.8) is 0 Å². The van der Waals surface area contributed by atoms with E-state index in [0.29, 0.717) is 11.3 Å². The van der Waals surface area contributed by atoms with Crippen molar-refractivity contribution in [1.82, 2.24) is 15.0 Å². The standard InChI is InChI=1S/C10H6N4O2/c11-5-7-1-3-8(4-2-7)14-9(10(15)16)6-12-13-14/h1-4,6H,(H,15,16). The number of carbonyl (C=O) groups is 1.